The molecule has 0 atom stereocenters. The van der Waals surface area contributed by atoms with Crippen molar-refractivity contribution in [2.24, 2.45) is 0 Å². The molecule has 0 amide bonds. The Labute approximate surface area is 320 Å². The molecule has 0 unspecified atom stereocenters. The van der Waals surface area contributed by atoms with Gasteiger partial charge >= 0.3 is 6.18 Å². The lowest BCUT2D eigenvalue weighted by Gasteiger charge is -2.20. The second-order valence-electron chi connectivity index (χ2n) is 14.0. The fourth-order valence-electron chi connectivity index (χ4n) is 8.22. The molecule has 3 nitrogen and oxygen atoms in total. The van der Waals surface area contributed by atoms with Crippen molar-refractivity contribution >= 4 is 43.6 Å². The summed E-state index contributed by atoms with van der Waals surface area (Å²) in [6.45, 7) is 0. The first kappa shape index (κ1) is 33.2. The first-order valence-electron chi connectivity index (χ1n) is 18.3. The molecule has 0 fully saturated rings. The molecule has 2 aromatic heterocycles. The molecule has 10 aromatic rings. The van der Waals surface area contributed by atoms with Gasteiger partial charge in [-0.3, -0.25) is 0 Å². The quantitative estimate of drug-likeness (QED) is 0.174. The van der Waals surface area contributed by atoms with Crippen molar-refractivity contribution in [1.82, 2.24) is 9.13 Å². The zero-order chi connectivity index (χ0) is 38.0. The van der Waals surface area contributed by atoms with Crippen LogP contribution in [-0.4, -0.2) is 9.13 Å². The zero-order valence-corrected chi connectivity index (χ0v) is 29.8. The van der Waals surface area contributed by atoms with Crippen LogP contribution in [0.15, 0.2) is 182 Å². The van der Waals surface area contributed by atoms with Crippen LogP contribution in [-0.2, 0) is 6.18 Å². The number of para-hydroxylation sites is 2. The molecular formula is C50H30F3N3. The Kier molecular flexibility index (Phi) is 7.65. The number of hydrogen-bond donors (Lipinski definition) is 0. The minimum absolute atomic E-state index is 0.363. The van der Waals surface area contributed by atoms with Crippen LogP contribution in [0.2, 0.25) is 0 Å². The molecule has 0 saturated heterocycles. The molecule has 2 heterocycles. The van der Waals surface area contributed by atoms with E-state index in [1.54, 1.807) is 18.2 Å². The summed E-state index contributed by atoms with van der Waals surface area (Å²) in [7, 11) is 0. The summed E-state index contributed by atoms with van der Waals surface area (Å²) >= 11 is 0. The van der Waals surface area contributed by atoms with Gasteiger partial charge in [-0.05, 0) is 89.0 Å². The highest BCUT2D eigenvalue weighted by Gasteiger charge is 2.32. The maximum absolute atomic E-state index is 14.7. The van der Waals surface area contributed by atoms with E-state index in [2.05, 4.69) is 59.2 Å². The average Bonchev–Trinajstić information content (AvgIpc) is 3.75. The summed E-state index contributed by atoms with van der Waals surface area (Å²) in [5, 5.41) is 14.1. The maximum atomic E-state index is 14.7. The molecule has 8 aromatic carbocycles. The summed E-state index contributed by atoms with van der Waals surface area (Å²) in [5.74, 6) is 0. The van der Waals surface area contributed by atoms with E-state index >= 15 is 0 Å². The van der Waals surface area contributed by atoms with Crippen molar-refractivity contribution in [3.8, 4) is 50.8 Å². The number of aromatic nitrogens is 2. The molecule has 56 heavy (non-hydrogen) atoms. The number of alkyl halides is 3. The van der Waals surface area contributed by atoms with E-state index in [-0.39, 0.29) is 0 Å². The average molecular weight is 730 g/mol. The van der Waals surface area contributed by atoms with Gasteiger partial charge in [-0.25, -0.2) is 0 Å². The fraction of sp³-hybridized carbons (Fsp3) is 0.0200. The Morgan fingerprint density at radius 3 is 1.43 bits per heavy atom. The van der Waals surface area contributed by atoms with Gasteiger partial charge in [-0.2, -0.15) is 18.4 Å². The Morgan fingerprint density at radius 1 is 0.393 bits per heavy atom. The van der Waals surface area contributed by atoms with E-state index in [0.29, 0.717) is 22.4 Å². The first-order chi connectivity index (χ1) is 27.4. The van der Waals surface area contributed by atoms with Crippen molar-refractivity contribution in [3.05, 3.63) is 193 Å². The summed E-state index contributed by atoms with van der Waals surface area (Å²) in [4.78, 5) is 0. The molecule has 6 heteroatoms. The molecule has 0 aliphatic heterocycles. The molecule has 0 aliphatic carbocycles. The summed E-state index contributed by atoms with van der Waals surface area (Å²) in [5.41, 5.74) is 9.61. The van der Waals surface area contributed by atoms with Crippen molar-refractivity contribution in [1.29, 1.82) is 5.26 Å². The van der Waals surface area contributed by atoms with Crippen molar-refractivity contribution < 1.29 is 13.2 Å². The third kappa shape index (κ3) is 5.36. The van der Waals surface area contributed by atoms with Crippen molar-refractivity contribution in [3.63, 3.8) is 0 Å². The van der Waals surface area contributed by atoms with E-state index in [1.807, 2.05) is 108 Å². The van der Waals surface area contributed by atoms with Gasteiger partial charge in [0.2, 0.25) is 0 Å². The minimum Gasteiger partial charge on any atom is -0.309 e. The smallest absolute Gasteiger partial charge is 0.309 e. The Balaban J connectivity index is 1.28. The first-order valence-corrected chi connectivity index (χ1v) is 18.3. The van der Waals surface area contributed by atoms with E-state index in [9.17, 15) is 18.4 Å². The van der Waals surface area contributed by atoms with Gasteiger partial charge in [-0.1, -0.05) is 115 Å². The lowest BCUT2D eigenvalue weighted by atomic mass is 9.97. The van der Waals surface area contributed by atoms with Gasteiger partial charge in [-0.15, -0.1) is 0 Å². The second kappa shape index (κ2) is 12.9. The molecule has 0 aliphatic rings. The zero-order valence-electron chi connectivity index (χ0n) is 29.8. The number of fused-ring (bicyclic) bond motifs is 6. The monoisotopic (exact) mass is 729 g/mol. The topological polar surface area (TPSA) is 33.6 Å². The Hall–Kier alpha value is -7.36. The van der Waals surface area contributed by atoms with Crippen LogP contribution in [0.3, 0.4) is 0 Å². The van der Waals surface area contributed by atoms with Gasteiger partial charge in [0.25, 0.3) is 0 Å². The van der Waals surface area contributed by atoms with Crippen LogP contribution in [0.1, 0.15) is 11.1 Å². The van der Waals surface area contributed by atoms with Crippen LogP contribution < -0.4 is 0 Å². The summed E-state index contributed by atoms with van der Waals surface area (Å²) < 4.78 is 48.1. The fourth-order valence-corrected chi connectivity index (χ4v) is 8.22. The molecule has 0 spiro atoms. The van der Waals surface area contributed by atoms with E-state index in [4.69, 9.17) is 0 Å². The Morgan fingerprint density at radius 2 is 0.893 bits per heavy atom. The maximum Gasteiger partial charge on any atom is 0.416 e. The molecule has 0 saturated carbocycles. The molecule has 0 bridgehead atoms. The summed E-state index contributed by atoms with van der Waals surface area (Å²) in [6.07, 6.45) is -4.59. The highest BCUT2D eigenvalue weighted by Crippen LogP contribution is 2.44. The van der Waals surface area contributed by atoms with Crippen molar-refractivity contribution in [2.75, 3.05) is 0 Å². The lowest BCUT2D eigenvalue weighted by molar-refractivity contribution is -0.137. The number of nitriles is 1. The SMILES string of the molecule is N#Cc1ccc(-n2c3ccccc3c3cc(-c4ccccc4)ccc32)c(-c2ccc(C(F)(F)F)cc2-n2c3ccccc3c3cc(-c4ccccc4)ccc32)c1. The molecular weight excluding hydrogens is 700 g/mol. The predicted octanol–water partition coefficient (Wildman–Crippen LogP) is 13.8. The third-order valence-corrected chi connectivity index (χ3v) is 10.8. The predicted molar refractivity (Wildman–Crippen MR) is 221 cm³/mol. The van der Waals surface area contributed by atoms with Crippen LogP contribution in [0.25, 0.3) is 88.4 Å². The van der Waals surface area contributed by atoms with Gasteiger partial charge < -0.3 is 9.13 Å². The molecule has 0 N–H and O–H groups in total. The van der Waals surface area contributed by atoms with Crippen LogP contribution in [0.5, 0.6) is 0 Å². The van der Waals surface area contributed by atoms with Crippen molar-refractivity contribution in [2.45, 2.75) is 6.18 Å². The molecule has 0 radical (unpaired) electrons. The largest absolute Gasteiger partial charge is 0.416 e. The number of rotatable bonds is 5. The number of benzene rings is 8. The van der Waals surface area contributed by atoms with Gasteiger partial charge in [0, 0.05) is 32.7 Å². The highest BCUT2D eigenvalue weighted by molar-refractivity contribution is 6.12. The molecule has 266 valence electrons. The normalized spacial score (nSPS) is 11.8. The lowest BCUT2D eigenvalue weighted by Crippen LogP contribution is -2.08. The van der Waals surface area contributed by atoms with E-state index in [1.165, 1.54) is 6.07 Å². The number of hydrogen-bond acceptors (Lipinski definition) is 1. The van der Waals surface area contributed by atoms with Crippen LogP contribution in [0.4, 0.5) is 13.2 Å². The van der Waals surface area contributed by atoms with Crippen LogP contribution in [0, 0.1) is 11.3 Å². The van der Waals surface area contributed by atoms with E-state index in [0.717, 1.165) is 77.6 Å². The van der Waals surface area contributed by atoms with Gasteiger partial charge in [0.05, 0.1) is 50.6 Å². The molecule has 10 rings (SSSR count). The minimum atomic E-state index is -4.59. The van der Waals surface area contributed by atoms with Gasteiger partial charge in [0.1, 0.15) is 0 Å². The third-order valence-electron chi connectivity index (χ3n) is 10.8. The number of halogens is 3. The summed E-state index contributed by atoms with van der Waals surface area (Å²) in [6, 6.07) is 60.5. The second-order valence-corrected chi connectivity index (χ2v) is 14.0. The van der Waals surface area contributed by atoms with E-state index < -0.39 is 11.7 Å². The number of nitrogens with zero attached hydrogens (tertiary/aromatic N) is 3. The van der Waals surface area contributed by atoms with Gasteiger partial charge in [0.15, 0.2) is 0 Å². The highest BCUT2D eigenvalue weighted by atomic mass is 19.4. The Bertz CT molecular complexity index is 3180. The van der Waals surface area contributed by atoms with Crippen LogP contribution >= 0.6 is 0 Å². The standard InChI is InChI=1S/C50H30F3N3/c51-50(52,53)37-22-23-40(49(30-37)56-45-18-10-8-16-39(45)43-29-36(21-26-48(43)56)34-13-5-2-6-14-34)41-27-32(31-54)19-24-46(41)55-44-17-9-7-15-38(44)42-28-35(20-25-47(42)55)33-11-3-1-4-12-33/h1-30H.